The van der Waals surface area contributed by atoms with E-state index in [2.05, 4.69) is 5.32 Å². The molecule has 0 aliphatic carbocycles. The van der Waals surface area contributed by atoms with Gasteiger partial charge in [-0.25, -0.2) is 0 Å². The van der Waals surface area contributed by atoms with E-state index in [1.165, 1.54) is 0 Å². The zero-order valence-electron chi connectivity index (χ0n) is 11.8. The van der Waals surface area contributed by atoms with Crippen LogP contribution in [0.4, 0.5) is 0 Å². The van der Waals surface area contributed by atoms with Crippen molar-refractivity contribution in [2.75, 3.05) is 32.7 Å². The quantitative estimate of drug-likeness (QED) is 0.817. The fourth-order valence-electron chi connectivity index (χ4n) is 3.80. The van der Waals surface area contributed by atoms with Crippen LogP contribution in [-0.2, 0) is 10.2 Å². The van der Waals surface area contributed by atoms with Crippen LogP contribution in [0.1, 0.15) is 39.0 Å². The summed E-state index contributed by atoms with van der Waals surface area (Å²) in [5.41, 5.74) is 0.214. The highest BCUT2D eigenvalue weighted by molar-refractivity contribution is 7.86. The molecule has 2 unspecified atom stereocenters. The lowest BCUT2D eigenvalue weighted by Crippen LogP contribution is -2.49. The van der Waals surface area contributed by atoms with Crippen LogP contribution in [0.2, 0.25) is 0 Å². The van der Waals surface area contributed by atoms with Crippen LogP contribution in [0.3, 0.4) is 0 Å². The Morgan fingerprint density at radius 1 is 1.21 bits per heavy atom. The first kappa shape index (κ1) is 13.8. The predicted molar refractivity (Wildman–Crippen MR) is 75.0 cm³/mol. The van der Waals surface area contributed by atoms with Gasteiger partial charge in [0.05, 0.1) is 0 Å². The van der Waals surface area contributed by atoms with Crippen LogP contribution in [-0.4, -0.2) is 55.8 Å². The van der Waals surface area contributed by atoms with Gasteiger partial charge >= 0.3 is 0 Å². The van der Waals surface area contributed by atoms with Crippen LogP contribution in [0.5, 0.6) is 0 Å². The minimum absolute atomic E-state index is 0.164. The van der Waals surface area contributed by atoms with E-state index in [0.717, 1.165) is 45.2 Å². The fourth-order valence-corrected chi connectivity index (χ4v) is 5.77. The third-order valence-corrected chi connectivity index (χ3v) is 7.20. The standard InChI is InChI=1S/C13H25N3O2S/c1-12-4-2-3-8-16(12)19(17,18)15-9-6-13(11-15)5-7-14-10-13/h12,14H,2-11H2,1H3. The lowest BCUT2D eigenvalue weighted by atomic mass is 9.87. The molecule has 3 aliphatic heterocycles. The van der Waals surface area contributed by atoms with E-state index in [0.29, 0.717) is 19.6 Å². The Balaban J connectivity index is 1.74. The lowest BCUT2D eigenvalue weighted by Gasteiger charge is -2.35. The second-order valence-electron chi connectivity index (χ2n) is 6.47. The van der Waals surface area contributed by atoms with Gasteiger partial charge in [-0.05, 0) is 44.6 Å². The molecular formula is C13H25N3O2S. The van der Waals surface area contributed by atoms with Crippen LogP contribution in [0, 0.1) is 5.41 Å². The topological polar surface area (TPSA) is 52.7 Å². The van der Waals surface area contributed by atoms with Crippen molar-refractivity contribution < 1.29 is 8.42 Å². The Hall–Kier alpha value is -0.170. The maximum Gasteiger partial charge on any atom is 0.282 e. The maximum atomic E-state index is 12.8. The normalized spacial score (nSPS) is 38.3. The summed E-state index contributed by atoms with van der Waals surface area (Å²) < 4.78 is 29.0. The van der Waals surface area contributed by atoms with Crippen molar-refractivity contribution in [2.24, 2.45) is 5.41 Å². The molecule has 0 amide bonds. The molecule has 0 saturated carbocycles. The first-order valence-corrected chi connectivity index (χ1v) is 8.91. The summed E-state index contributed by atoms with van der Waals surface area (Å²) in [5, 5.41) is 3.38. The molecule has 3 rings (SSSR count). The largest absolute Gasteiger partial charge is 0.316 e. The molecule has 6 heteroatoms. The number of piperidine rings is 1. The molecule has 1 N–H and O–H groups in total. The van der Waals surface area contributed by atoms with Gasteiger partial charge in [0.2, 0.25) is 0 Å². The summed E-state index contributed by atoms with van der Waals surface area (Å²) in [5.74, 6) is 0. The second-order valence-corrected chi connectivity index (χ2v) is 8.35. The number of nitrogens with one attached hydrogen (secondary N) is 1. The van der Waals surface area contributed by atoms with Crippen LogP contribution in [0.25, 0.3) is 0 Å². The highest BCUT2D eigenvalue weighted by Gasteiger charge is 2.46. The van der Waals surface area contributed by atoms with Gasteiger partial charge in [0.15, 0.2) is 0 Å². The van der Waals surface area contributed by atoms with E-state index in [9.17, 15) is 8.42 Å². The van der Waals surface area contributed by atoms with Gasteiger partial charge in [-0.1, -0.05) is 6.42 Å². The molecule has 0 aromatic rings. The molecule has 0 aromatic heterocycles. The van der Waals surface area contributed by atoms with Crippen molar-refractivity contribution in [1.82, 2.24) is 13.9 Å². The molecule has 0 bridgehead atoms. The van der Waals surface area contributed by atoms with Gasteiger partial charge in [0.1, 0.15) is 0 Å². The molecule has 3 fully saturated rings. The van der Waals surface area contributed by atoms with Gasteiger partial charge in [0.25, 0.3) is 10.2 Å². The van der Waals surface area contributed by atoms with Gasteiger partial charge in [-0.3, -0.25) is 0 Å². The summed E-state index contributed by atoms with van der Waals surface area (Å²) in [7, 11) is -3.24. The third kappa shape index (κ3) is 2.44. The van der Waals surface area contributed by atoms with Crippen LogP contribution in [0.15, 0.2) is 0 Å². The number of nitrogens with zero attached hydrogens (tertiary/aromatic N) is 2. The first-order valence-electron chi connectivity index (χ1n) is 7.51. The monoisotopic (exact) mass is 287 g/mol. The molecule has 1 spiro atoms. The highest BCUT2D eigenvalue weighted by atomic mass is 32.2. The highest BCUT2D eigenvalue weighted by Crippen LogP contribution is 2.38. The van der Waals surface area contributed by atoms with Crippen molar-refractivity contribution in [1.29, 1.82) is 0 Å². The molecular weight excluding hydrogens is 262 g/mol. The van der Waals surface area contributed by atoms with Crippen molar-refractivity contribution in [3.8, 4) is 0 Å². The molecule has 110 valence electrons. The molecule has 0 aromatic carbocycles. The average Bonchev–Trinajstić information content (AvgIpc) is 3.01. The molecule has 2 atom stereocenters. The SMILES string of the molecule is CC1CCCCN1S(=O)(=O)N1CCC2(CCNC2)C1. The van der Waals surface area contributed by atoms with Gasteiger partial charge < -0.3 is 5.32 Å². The van der Waals surface area contributed by atoms with Gasteiger partial charge in [0, 0.05) is 32.2 Å². The van der Waals surface area contributed by atoms with Crippen LogP contribution < -0.4 is 5.32 Å². The Morgan fingerprint density at radius 2 is 2.05 bits per heavy atom. The number of rotatable bonds is 2. The summed E-state index contributed by atoms with van der Waals surface area (Å²) >= 11 is 0. The van der Waals surface area contributed by atoms with Crippen molar-refractivity contribution in [3.63, 3.8) is 0 Å². The van der Waals surface area contributed by atoms with E-state index < -0.39 is 10.2 Å². The predicted octanol–water partition coefficient (Wildman–Crippen LogP) is 0.791. The van der Waals surface area contributed by atoms with Crippen molar-refractivity contribution in [2.45, 2.75) is 45.1 Å². The lowest BCUT2D eigenvalue weighted by molar-refractivity contribution is 0.245. The minimum atomic E-state index is -3.24. The Labute approximate surface area is 116 Å². The van der Waals surface area contributed by atoms with Gasteiger partial charge in [-0.15, -0.1) is 0 Å². The molecule has 3 aliphatic rings. The smallest absolute Gasteiger partial charge is 0.282 e. The fraction of sp³-hybridized carbons (Fsp3) is 1.00. The average molecular weight is 287 g/mol. The zero-order valence-corrected chi connectivity index (χ0v) is 12.6. The first-order chi connectivity index (χ1) is 9.04. The second kappa shape index (κ2) is 4.98. The minimum Gasteiger partial charge on any atom is -0.316 e. The Bertz CT molecular complexity index is 431. The van der Waals surface area contributed by atoms with Crippen molar-refractivity contribution >= 4 is 10.2 Å². The summed E-state index contributed by atoms with van der Waals surface area (Å²) in [6, 6.07) is 0.164. The number of hydrogen-bond acceptors (Lipinski definition) is 3. The summed E-state index contributed by atoms with van der Waals surface area (Å²) in [4.78, 5) is 0. The van der Waals surface area contributed by atoms with E-state index in [-0.39, 0.29) is 11.5 Å². The molecule has 3 saturated heterocycles. The Kier molecular flexibility index (Phi) is 3.62. The summed E-state index contributed by atoms with van der Waals surface area (Å²) in [6.07, 6.45) is 5.29. The molecule has 19 heavy (non-hydrogen) atoms. The third-order valence-electron chi connectivity index (χ3n) is 5.10. The molecule has 3 heterocycles. The van der Waals surface area contributed by atoms with Gasteiger partial charge in [-0.2, -0.15) is 17.0 Å². The molecule has 5 nitrogen and oxygen atoms in total. The molecule has 0 radical (unpaired) electrons. The van der Waals surface area contributed by atoms with E-state index in [1.807, 2.05) is 6.92 Å². The Morgan fingerprint density at radius 3 is 2.74 bits per heavy atom. The zero-order chi connectivity index (χ0) is 13.5. The van der Waals surface area contributed by atoms with E-state index >= 15 is 0 Å². The number of hydrogen-bond donors (Lipinski definition) is 1. The maximum absolute atomic E-state index is 12.8. The van der Waals surface area contributed by atoms with Crippen LogP contribution >= 0.6 is 0 Å². The van der Waals surface area contributed by atoms with E-state index in [1.54, 1.807) is 8.61 Å². The van der Waals surface area contributed by atoms with E-state index in [4.69, 9.17) is 0 Å². The van der Waals surface area contributed by atoms with Crippen molar-refractivity contribution in [3.05, 3.63) is 0 Å². The summed E-state index contributed by atoms with van der Waals surface area (Å²) in [6.45, 7) is 6.17.